The molecule has 0 heterocycles. The van der Waals surface area contributed by atoms with Gasteiger partial charge in [0, 0.05) is 5.56 Å². The first-order chi connectivity index (χ1) is 8.12. The highest BCUT2D eigenvalue weighted by molar-refractivity contribution is 5.83. The highest BCUT2D eigenvalue weighted by Gasteiger charge is 2.45. The van der Waals surface area contributed by atoms with Gasteiger partial charge in [0.05, 0.1) is 12.5 Å². The van der Waals surface area contributed by atoms with E-state index < -0.39 is 11.4 Å². The van der Waals surface area contributed by atoms with E-state index in [0.717, 1.165) is 12.8 Å². The summed E-state index contributed by atoms with van der Waals surface area (Å²) in [6, 6.07) is 4.90. The number of ether oxygens (including phenoxy) is 1. The molecule has 1 saturated carbocycles. The molecule has 0 saturated heterocycles. The van der Waals surface area contributed by atoms with Gasteiger partial charge in [-0.05, 0) is 18.9 Å². The molecule has 0 amide bonds. The highest BCUT2D eigenvalue weighted by Crippen LogP contribution is 2.47. The summed E-state index contributed by atoms with van der Waals surface area (Å²) in [6.07, 6.45) is 2.99. The molecule has 1 aliphatic rings. The molecule has 1 aliphatic carbocycles. The number of aromatic hydroxyl groups is 1. The van der Waals surface area contributed by atoms with E-state index in [1.54, 1.807) is 12.1 Å². The van der Waals surface area contributed by atoms with Crippen molar-refractivity contribution in [3.05, 3.63) is 23.8 Å². The van der Waals surface area contributed by atoms with Crippen LogP contribution in [0, 0.1) is 0 Å². The van der Waals surface area contributed by atoms with E-state index in [0.29, 0.717) is 18.4 Å². The summed E-state index contributed by atoms with van der Waals surface area (Å²) in [5.41, 5.74) is -0.311. The van der Waals surface area contributed by atoms with Crippen LogP contribution in [0.3, 0.4) is 0 Å². The number of phenols is 1. The van der Waals surface area contributed by atoms with E-state index in [2.05, 4.69) is 0 Å². The lowest BCUT2D eigenvalue weighted by Gasteiger charge is -2.26. The lowest BCUT2D eigenvalue weighted by molar-refractivity contribution is -0.143. The fourth-order valence-electron chi connectivity index (χ4n) is 2.69. The molecule has 0 radical (unpaired) electrons. The van der Waals surface area contributed by atoms with Crippen LogP contribution in [0.5, 0.6) is 11.5 Å². The topological polar surface area (TPSA) is 66.8 Å². The Labute approximate surface area is 99.8 Å². The predicted octanol–water partition coefficient (Wildman–Crippen LogP) is 2.30. The summed E-state index contributed by atoms with van der Waals surface area (Å²) in [4.78, 5) is 11.6. The number of carboxylic acid groups (broad SMARTS) is 1. The molecule has 1 aromatic rings. The van der Waals surface area contributed by atoms with Crippen LogP contribution < -0.4 is 4.74 Å². The van der Waals surface area contributed by atoms with Gasteiger partial charge in [0.2, 0.25) is 0 Å². The average Bonchev–Trinajstić information content (AvgIpc) is 2.78. The lowest BCUT2D eigenvalue weighted by atomic mass is 9.78. The van der Waals surface area contributed by atoms with Crippen molar-refractivity contribution in [2.45, 2.75) is 31.1 Å². The van der Waals surface area contributed by atoms with Crippen LogP contribution in [0.15, 0.2) is 18.2 Å². The maximum absolute atomic E-state index is 11.6. The summed E-state index contributed by atoms with van der Waals surface area (Å²) in [5, 5.41) is 19.2. The minimum absolute atomic E-state index is 0.00229. The molecule has 4 nitrogen and oxygen atoms in total. The number of benzene rings is 1. The molecular formula is C13H16O4. The highest BCUT2D eigenvalue weighted by atomic mass is 16.5. The Morgan fingerprint density at radius 3 is 2.53 bits per heavy atom. The second-order valence-electron chi connectivity index (χ2n) is 4.45. The summed E-state index contributed by atoms with van der Waals surface area (Å²) in [5.74, 6) is -0.548. The van der Waals surface area contributed by atoms with Crippen molar-refractivity contribution >= 4 is 5.97 Å². The summed E-state index contributed by atoms with van der Waals surface area (Å²) in [7, 11) is 1.45. The van der Waals surface area contributed by atoms with E-state index >= 15 is 0 Å². The van der Waals surface area contributed by atoms with Crippen LogP contribution in [-0.4, -0.2) is 23.3 Å². The molecule has 17 heavy (non-hydrogen) atoms. The monoisotopic (exact) mass is 236 g/mol. The zero-order chi connectivity index (χ0) is 12.5. The Hall–Kier alpha value is -1.71. The van der Waals surface area contributed by atoms with Crippen LogP contribution in [-0.2, 0) is 10.2 Å². The number of aliphatic carboxylic acids is 1. The van der Waals surface area contributed by atoms with E-state index in [1.807, 2.05) is 0 Å². The molecule has 0 atom stereocenters. The van der Waals surface area contributed by atoms with Crippen molar-refractivity contribution in [2.75, 3.05) is 7.11 Å². The largest absolute Gasteiger partial charge is 0.504 e. The van der Waals surface area contributed by atoms with Crippen molar-refractivity contribution in [3.8, 4) is 11.5 Å². The van der Waals surface area contributed by atoms with E-state index in [1.165, 1.54) is 13.2 Å². The molecule has 1 fully saturated rings. The van der Waals surface area contributed by atoms with Crippen molar-refractivity contribution in [3.63, 3.8) is 0 Å². The zero-order valence-corrected chi connectivity index (χ0v) is 9.77. The number of para-hydroxylation sites is 1. The molecule has 2 rings (SSSR count). The van der Waals surface area contributed by atoms with Gasteiger partial charge in [0.25, 0.3) is 0 Å². The van der Waals surface area contributed by atoms with Crippen LogP contribution >= 0.6 is 0 Å². The Morgan fingerprint density at radius 1 is 1.35 bits per heavy atom. The van der Waals surface area contributed by atoms with E-state index in [9.17, 15) is 15.0 Å². The van der Waals surface area contributed by atoms with Gasteiger partial charge in [-0.3, -0.25) is 4.79 Å². The standard InChI is InChI=1S/C13H16O4/c1-17-11-9(5-4-6-10(11)14)13(12(15)16)7-2-3-8-13/h4-6,14H,2-3,7-8H2,1H3,(H,15,16). The first kappa shape index (κ1) is 11.8. The van der Waals surface area contributed by atoms with Crippen molar-refractivity contribution in [1.29, 1.82) is 0 Å². The van der Waals surface area contributed by atoms with Crippen molar-refractivity contribution < 1.29 is 19.7 Å². The van der Waals surface area contributed by atoms with Gasteiger partial charge in [-0.2, -0.15) is 0 Å². The number of hydrogen-bond acceptors (Lipinski definition) is 3. The Kier molecular flexibility index (Phi) is 2.96. The summed E-state index contributed by atoms with van der Waals surface area (Å²) < 4.78 is 5.15. The first-order valence-electron chi connectivity index (χ1n) is 5.71. The van der Waals surface area contributed by atoms with Crippen LogP contribution in [0.1, 0.15) is 31.2 Å². The second-order valence-corrected chi connectivity index (χ2v) is 4.45. The number of phenolic OH excluding ortho intramolecular Hbond substituents is 1. The van der Waals surface area contributed by atoms with Gasteiger partial charge in [-0.15, -0.1) is 0 Å². The summed E-state index contributed by atoms with van der Waals surface area (Å²) in [6.45, 7) is 0. The molecule has 1 aromatic carbocycles. The maximum atomic E-state index is 11.6. The molecule has 0 aromatic heterocycles. The normalized spacial score (nSPS) is 17.9. The lowest BCUT2D eigenvalue weighted by Crippen LogP contribution is -2.33. The molecule has 92 valence electrons. The zero-order valence-electron chi connectivity index (χ0n) is 9.77. The maximum Gasteiger partial charge on any atom is 0.314 e. The van der Waals surface area contributed by atoms with Gasteiger partial charge in [0.15, 0.2) is 11.5 Å². The van der Waals surface area contributed by atoms with Gasteiger partial charge < -0.3 is 14.9 Å². The van der Waals surface area contributed by atoms with Crippen LogP contribution in [0.2, 0.25) is 0 Å². The number of methoxy groups -OCH3 is 1. The quantitative estimate of drug-likeness (QED) is 0.845. The van der Waals surface area contributed by atoms with Crippen molar-refractivity contribution in [2.24, 2.45) is 0 Å². The average molecular weight is 236 g/mol. The third-order valence-corrected chi connectivity index (χ3v) is 3.58. The van der Waals surface area contributed by atoms with Gasteiger partial charge >= 0.3 is 5.97 Å². The third-order valence-electron chi connectivity index (χ3n) is 3.58. The molecule has 0 unspecified atom stereocenters. The number of rotatable bonds is 3. The molecule has 2 N–H and O–H groups in total. The Balaban J connectivity index is 2.58. The Morgan fingerprint density at radius 2 is 2.00 bits per heavy atom. The number of carbonyl (C=O) groups is 1. The predicted molar refractivity (Wildman–Crippen MR) is 62.4 cm³/mol. The van der Waals surface area contributed by atoms with Gasteiger partial charge in [0.1, 0.15) is 0 Å². The van der Waals surface area contributed by atoms with Crippen molar-refractivity contribution in [1.82, 2.24) is 0 Å². The minimum atomic E-state index is -0.899. The van der Waals surface area contributed by atoms with Gasteiger partial charge in [-0.25, -0.2) is 0 Å². The second kappa shape index (κ2) is 4.28. The Bertz CT molecular complexity index is 433. The third kappa shape index (κ3) is 1.73. The summed E-state index contributed by atoms with van der Waals surface area (Å²) >= 11 is 0. The number of carboxylic acids is 1. The van der Waals surface area contributed by atoms with E-state index in [-0.39, 0.29) is 11.5 Å². The van der Waals surface area contributed by atoms with Crippen LogP contribution in [0.4, 0.5) is 0 Å². The molecule has 4 heteroatoms. The molecule has 0 aliphatic heterocycles. The molecule has 0 spiro atoms. The molecule has 0 bridgehead atoms. The smallest absolute Gasteiger partial charge is 0.314 e. The van der Waals surface area contributed by atoms with Gasteiger partial charge in [-0.1, -0.05) is 25.0 Å². The SMILES string of the molecule is COc1c(O)cccc1C1(C(=O)O)CCCC1. The van der Waals surface area contributed by atoms with E-state index in [4.69, 9.17) is 4.74 Å². The minimum Gasteiger partial charge on any atom is -0.504 e. The van der Waals surface area contributed by atoms with Crippen LogP contribution in [0.25, 0.3) is 0 Å². The molecular weight excluding hydrogens is 220 g/mol. The number of hydrogen-bond donors (Lipinski definition) is 2. The fraction of sp³-hybridized carbons (Fsp3) is 0.462. The first-order valence-corrected chi connectivity index (χ1v) is 5.71. The fourth-order valence-corrected chi connectivity index (χ4v) is 2.69.